The maximum atomic E-state index is 11.4. The first kappa shape index (κ1) is 15.3. The Morgan fingerprint density at radius 1 is 1.30 bits per heavy atom. The van der Waals surface area contributed by atoms with E-state index in [2.05, 4.69) is 20.8 Å². The monoisotopic (exact) mass is 355 g/mol. The summed E-state index contributed by atoms with van der Waals surface area (Å²) in [4.78, 5) is 16.0. The van der Waals surface area contributed by atoms with Gasteiger partial charge in [0.1, 0.15) is 4.99 Å². The Hall–Kier alpha value is -1.14. The molecular weight excluding hydrogens is 338 g/mol. The van der Waals surface area contributed by atoms with Crippen LogP contribution in [0.25, 0.3) is 0 Å². The first-order valence-electron chi connectivity index (χ1n) is 6.59. The molecule has 20 heavy (non-hydrogen) atoms. The first-order chi connectivity index (χ1) is 9.49. The standard InChI is InChI=1S/C14H18BrN3OS/c1-10(19)17-5-2-6-18(8-7-17)11-3-4-12(14(16)20)13(15)9-11/h3-4,9H,2,5-8H2,1H3,(H2,16,20). The highest BCUT2D eigenvalue weighted by molar-refractivity contribution is 9.10. The molecule has 0 saturated carbocycles. The molecule has 1 amide bonds. The van der Waals surface area contributed by atoms with Crippen LogP contribution < -0.4 is 10.6 Å². The van der Waals surface area contributed by atoms with Gasteiger partial charge in [-0.25, -0.2) is 0 Å². The minimum Gasteiger partial charge on any atom is -0.389 e. The molecule has 108 valence electrons. The largest absolute Gasteiger partial charge is 0.389 e. The third kappa shape index (κ3) is 3.49. The van der Waals surface area contributed by atoms with Crippen LogP contribution in [-0.4, -0.2) is 42.0 Å². The van der Waals surface area contributed by atoms with Crippen molar-refractivity contribution in [2.75, 3.05) is 31.1 Å². The van der Waals surface area contributed by atoms with Crippen molar-refractivity contribution in [1.82, 2.24) is 4.90 Å². The summed E-state index contributed by atoms with van der Waals surface area (Å²) in [6, 6.07) is 6.01. The van der Waals surface area contributed by atoms with E-state index in [0.717, 1.165) is 48.3 Å². The second kappa shape index (κ2) is 6.54. The number of amides is 1. The summed E-state index contributed by atoms with van der Waals surface area (Å²) >= 11 is 8.52. The molecular formula is C14H18BrN3OS. The summed E-state index contributed by atoms with van der Waals surface area (Å²) in [7, 11) is 0. The zero-order valence-corrected chi connectivity index (χ0v) is 13.8. The summed E-state index contributed by atoms with van der Waals surface area (Å²) in [6.07, 6.45) is 0.980. The number of nitrogens with zero attached hydrogens (tertiary/aromatic N) is 2. The van der Waals surface area contributed by atoms with Crippen molar-refractivity contribution in [3.05, 3.63) is 28.2 Å². The molecule has 1 heterocycles. The quantitative estimate of drug-likeness (QED) is 0.825. The molecule has 4 nitrogen and oxygen atoms in total. The van der Waals surface area contributed by atoms with E-state index >= 15 is 0 Å². The number of hydrogen-bond acceptors (Lipinski definition) is 3. The molecule has 6 heteroatoms. The molecule has 1 aliphatic rings. The molecule has 0 aromatic heterocycles. The van der Waals surface area contributed by atoms with E-state index in [1.165, 1.54) is 0 Å². The number of halogens is 1. The van der Waals surface area contributed by atoms with Gasteiger partial charge in [-0.1, -0.05) is 12.2 Å². The lowest BCUT2D eigenvalue weighted by Crippen LogP contribution is -2.33. The zero-order valence-electron chi connectivity index (χ0n) is 11.4. The van der Waals surface area contributed by atoms with Crippen molar-refractivity contribution in [1.29, 1.82) is 0 Å². The van der Waals surface area contributed by atoms with E-state index in [9.17, 15) is 4.79 Å². The smallest absolute Gasteiger partial charge is 0.219 e. The van der Waals surface area contributed by atoms with Crippen molar-refractivity contribution >= 4 is 44.7 Å². The molecule has 1 aromatic carbocycles. The van der Waals surface area contributed by atoms with E-state index in [4.69, 9.17) is 18.0 Å². The molecule has 1 aromatic rings. The van der Waals surface area contributed by atoms with Crippen molar-refractivity contribution in [2.45, 2.75) is 13.3 Å². The van der Waals surface area contributed by atoms with E-state index in [0.29, 0.717) is 4.99 Å². The molecule has 1 fully saturated rings. The maximum absolute atomic E-state index is 11.4. The number of carbonyl (C=O) groups excluding carboxylic acids is 1. The van der Waals surface area contributed by atoms with Gasteiger partial charge in [-0.15, -0.1) is 0 Å². The lowest BCUT2D eigenvalue weighted by atomic mass is 10.2. The van der Waals surface area contributed by atoms with Crippen LogP contribution in [0.4, 0.5) is 5.69 Å². The molecule has 1 aliphatic heterocycles. The fourth-order valence-electron chi connectivity index (χ4n) is 2.39. The van der Waals surface area contributed by atoms with Gasteiger partial charge in [0.15, 0.2) is 0 Å². The first-order valence-corrected chi connectivity index (χ1v) is 7.79. The summed E-state index contributed by atoms with van der Waals surface area (Å²) in [6.45, 7) is 5.02. The molecule has 0 atom stereocenters. The normalized spacial score (nSPS) is 15.9. The Labute approximate surface area is 133 Å². The van der Waals surface area contributed by atoms with E-state index in [1.807, 2.05) is 23.1 Å². The minimum absolute atomic E-state index is 0.150. The van der Waals surface area contributed by atoms with Gasteiger partial charge in [0.05, 0.1) is 0 Å². The molecule has 2 N–H and O–H groups in total. The van der Waals surface area contributed by atoms with Gasteiger partial charge in [-0.3, -0.25) is 4.79 Å². The molecule has 1 saturated heterocycles. The van der Waals surface area contributed by atoms with Crippen LogP contribution in [0.5, 0.6) is 0 Å². The number of anilines is 1. The van der Waals surface area contributed by atoms with Gasteiger partial charge < -0.3 is 15.5 Å². The highest BCUT2D eigenvalue weighted by Gasteiger charge is 2.17. The molecule has 0 spiro atoms. The zero-order chi connectivity index (χ0) is 14.7. The summed E-state index contributed by atoms with van der Waals surface area (Å²) in [5.74, 6) is 0.150. The van der Waals surface area contributed by atoms with Gasteiger partial charge in [0, 0.05) is 48.8 Å². The Bertz CT molecular complexity index is 535. The average molecular weight is 356 g/mol. The lowest BCUT2D eigenvalue weighted by molar-refractivity contribution is -0.128. The van der Waals surface area contributed by atoms with Gasteiger partial charge in [-0.05, 0) is 40.5 Å². The van der Waals surface area contributed by atoms with Crippen LogP contribution in [-0.2, 0) is 4.79 Å². The Balaban J connectivity index is 2.14. The van der Waals surface area contributed by atoms with Crippen LogP contribution >= 0.6 is 28.1 Å². The van der Waals surface area contributed by atoms with Crippen LogP contribution in [0.15, 0.2) is 22.7 Å². The molecule has 0 unspecified atom stereocenters. The van der Waals surface area contributed by atoms with E-state index in [-0.39, 0.29) is 5.91 Å². The predicted molar refractivity (Wildman–Crippen MR) is 89.1 cm³/mol. The lowest BCUT2D eigenvalue weighted by Gasteiger charge is -2.24. The van der Waals surface area contributed by atoms with Gasteiger partial charge in [-0.2, -0.15) is 0 Å². The number of nitrogens with two attached hydrogens (primary N) is 1. The summed E-state index contributed by atoms with van der Waals surface area (Å²) in [5, 5.41) is 0. The van der Waals surface area contributed by atoms with Gasteiger partial charge in [0.25, 0.3) is 0 Å². The van der Waals surface area contributed by atoms with Crippen molar-refractivity contribution in [2.24, 2.45) is 5.73 Å². The van der Waals surface area contributed by atoms with Crippen molar-refractivity contribution in [3.63, 3.8) is 0 Å². The maximum Gasteiger partial charge on any atom is 0.219 e. The Morgan fingerprint density at radius 2 is 2.05 bits per heavy atom. The van der Waals surface area contributed by atoms with Crippen molar-refractivity contribution < 1.29 is 4.79 Å². The minimum atomic E-state index is 0.150. The average Bonchev–Trinajstić information content (AvgIpc) is 2.63. The third-order valence-corrected chi connectivity index (χ3v) is 4.40. The number of carbonyl (C=O) groups is 1. The van der Waals surface area contributed by atoms with Gasteiger partial charge in [0.2, 0.25) is 5.91 Å². The molecule has 0 bridgehead atoms. The fourth-order valence-corrected chi connectivity index (χ4v) is 3.28. The summed E-state index contributed by atoms with van der Waals surface area (Å²) in [5.41, 5.74) is 7.64. The Kier molecular flexibility index (Phi) is 4.99. The molecule has 2 rings (SSSR count). The number of hydrogen-bond donors (Lipinski definition) is 1. The van der Waals surface area contributed by atoms with E-state index in [1.54, 1.807) is 6.92 Å². The second-order valence-corrected chi connectivity index (χ2v) is 6.17. The van der Waals surface area contributed by atoms with Crippen molar-refractivity contribution in [3.8, 4) is 0 Å². The predicted octanol–water partition coefficient (Wildman–Crippen LogP) is 2.14. The molecule has 0 aliphatic carbocycles. The fraction of sp³-hybridized carbons (Fsp3) is 0.429. The highest BCUT2D eigenvalue weighted by Crippen LogP contribution is 2.25. The second-order valence-electron chi connectivity index (χ2n) is 4.88. The van der Waals surface area contributed by atoms with Crippen LogP contribution in [0, 0.1) is 0 Å². The van der Waals surface area contributed by atoms with Crippen LogP contribution in [0.3, 0.4) is 0 Å². The SMILES string of the molecule is CC(=O)N1CCCN(c2ccc(C(N)=S)c(Br)c2)CC1. The highest BCUT2D eigenvalue weighted by atomic mass is 79.9. The number of rotatable bonds is 2. The van der Waals surface area contributed by atoms with Crippen LogP contribution in [0.2, 0.25) is 0 Å². The number of benzene rings is 1. The third-order valence-electron chi connectivity index (χ3n) is 3.52. The van der Waals surface area contributed by atoms with Crippen LogP contribution in [0.1, 0.15) is 18.9 Å². The number of thiocarbonyl (C=S) groups is 1. The van der Waals surface area contributed by atoms with Gasteiger partial charge >= 0.3 is 0 Å². The Morgan fingerprint density at radius 3 is 2.65 bits per heavy atom. The summed E-state index contributed by atoms with van der Waals surface area (Å²) < 4.78 is 0.912. The molecule has 0 radical (unpaired) electrons. The topological polar surface area (TPSA) is 49.6 Å². The van der Waals surface area contributed by atoms with E-state index < -0.39 is 0 Å².